The third-order valence-corrected chi connectivity index (χ3v) is 2.44. The summed E-state index contributed by atoms with van der Waals surface area (Å²) in [6, 6.07) is 5.15. The van der Waals surface area contributed by atoms with Gasteiger partial charge in [-0.2, -0.15) is 18.4 Å². The molecule has 4 heteroatoms. The fourth-order valence-corrected chi connectivity index (χ4v) is 1.36. The van der Waals surface area contributed by atoms with E-state index >= 15 is 0 Å². The summed E-state index contributed by atoms with van der Waals surface area (Å²) in [5.74, 6) is 5.59. The van der Waals surface area contributed by atoms with Gasteiger partial charge in [-0.3, -0.25) is 0 Å². The molecule has 1 fully saturated rings. The molecule has 0 radical (unpaired) electrons. The van der Waals surface area contributed by atoms with E-state index in [4.69, 9.17) is 5.26 Å². The molecule has 1 saturated carbocycles. The normalized spacial score (nSPS) is 14.7. The molecular formula is C13H8F3N. The Morgan fingerprint density at radius 3 is 2.47 bits per heavy atom. The summed E-state index contributed by atoms with van der Waals surface area (Å²) in [6.07, 6.45) is -2.55. The van der Waals surface area contributed by atoms with Crippen LogP contribution in [0.2, 0.25) is 0 Å². The Balaban J connectivity index is 2.44. The second kappa shape index (κ2) is 4.14. The average Bonchev–Trinajstić information content (AvgIpc) is 3.08. The van der Waals surface area contributed by atoms with Gasteiger partial charge < -0.3 is 0 Å². The lowest BCUT2D eigenvalue weighted by atomic mass is 10.0. The molecule has 0 saturated heterocycles. The van der Waals surface area contributed by atoms with Crippen molar-refractivity contribution in [1.29, 1.82) is 5.26 Å². The third-order valence-electron chi connectivity index (χ3n) is 2.44. The minimum atomic E-state index is -4.47. The summed E-state index contributed by atoms with van der Waals surface area (Å²) in [5.41, 5.74) is -0.887. The Labute approximate surface area is 96.9 Å². The van der Waals surface area contributed by atoms with E-state index in [2.05, 4.69) is 11.8 Å². The van der Waals surface area contributed by atoms with Crippen molar-refractivity contribution < 1.29 is 13.2 Å². The first-order valence-corrected chi connectivity index (χ1v) is 5.13. The minimum absolute atomic E-state index is 0.00528. The summed E-state index contributed by atoms with van der Waals surface area (Å²) in [7, 11) is 0. The zero-order chi connectivity index (χ0) is 12.5. The van der Waals surface area contributed by atoms with Crippen LogP contribution in [-0.4, -0.2) is 0 Å². The number of hydrogen-bond acceptors (Lipinski definition) is 1. The molecule has 0 aromatic heterocycles. The largest absolute Gasteiger partial charge is 0.417 e. The summed E-state index contributed by atoms with van der Waals surface area (Å²) >= 11 is 0. The predicted molar refractivity (Wildman–Crippen MR) is 55.8 cm³/mol. The summed E-state index contributed by atoms with van der Waals surface area (Å²) in [5, 5.41) is 8.59. The molecule has 0 N–H and O–H groups in total. The van der Waals surface area contributed by atoms with Gasteiger partial charge in [0.05, 0.1) is 17.2 Å². The summed E-state index contributed by atoms with van der Waals surface area (Å²) in [4.78, 5) is 0. The first kappa shape index (κ1) is 11.5. The van der Waals surface area contributed by atoms with Crippen LogP contribution >= 0.6 is 0 Å². The van der Waals surface area contributed by atoms with Crippen LogP contribution in [0.25, 0.3) is 0 Å². The van der Waals surface area contributed by atoms with Crippen LogP contribution in [-0.2, 0) is 6.18 Å². The van der Waals surface area contributed by atoms with Crippen LogP contribution in [0.3, 0.4) is 0 Å². The molecule has 0 spiro atoms. The van der Waals surface area contributed by atoms with E-state index in [0.29, 0.717) is 0 Å². The first-order valence-electron chi connectivity index (χ1n) is 5.13. The molecule has 0 atom stereocenters. The topological polar surface area (TPSA) is 23.8 Å². The lowest BCUT2D eigenvalue weighted by Crippen LogP contribution is -2.08. The number of benzene rings is 1. The highest BCUT2D eigenvalue weighted by molar-refractivity contribution is 5.48. The Kier molecular flexibility index (Phi) is 2.81. The number of halogens is 3. The number of nitriles is 1. The highest BCUT2D eigenvalue weighted by atomic mass is 19.4. The van der Waals surface area contributed by atoms with Gasteiger partial charge in [-0.05, 0) is 31.0 Å². The van der Waals surface area contributed by atoms with E-state index in [1.807, 2.05) is 0 Å². The standard InChI is InChI=1S/C13H8F3N/c14-13(15,16)12-7-10(8-17)4-6-11(12)5-3-9-1-2-9/h4,6-7,9H,1-2H2. The highest BCUT2D eigenvalue weighted by Gasteiger charge is 2.33. The van der Waals surface area contributed by atoms with Crippen LogP contribution in [0, 0.1) is 29.1 Å². The molecule has 0 unspecified atom stereocenters. The number of hydrogen-bond donors (Lipinski definition) is 0. The molecule has 1 nitrogen and oxygen atoms in total. The molecular weight excluding hydrogens is 227 g/mol. The molecule has 1 aromatic rings. The van der Waals surface area contributed by atoms with E-state index in [1.165, 1.54) is 12.1 Å². The summed E-state index contributed by atoms with van der Waals surface area (Å²) < 4.78 is 38.2. The van der Waals surface area contributed by atoms with Crippen molar-refractivity contribution in [3.63, 3.8) is 0 Å². The van der Waals surface area contributed by atoms with Crippen molar-refractivity contribution in [3.05, 3.63) is 34.9 Å². The first-order chi connectivity index (χ1) is 8.00. The van der Waals surface area contributed by atoms with Crippen molar-refractivity contribution in [2.75, 3.05) is 0 Å². The van der Waals surface area contributed by atoms with Crippen molar-refractivity contribution in [1.82, 2.24) is 0 Å². The molecule has 0 heterocycles. The average molecular weight is 235 g/mol. The van der Waals surface area contributed by atoms with Crippen LogP contribution in [0.15, 0.2) is 18.2 Å². The van der Waals surface area contributed by atoms with E-state index in [-0.39, 0.29) is 17.0 Å². The molecule has 1 aromatic carbocycles. The number of rotatable bonds is 0. The van der Waals surface area contributed by atoms with Gasteiger partial charge in [-0.1, -0.05) is 11.8 Å². The lowest BCUT2D eigenvalue weighted by molar-refractivity contribution is -0.137. The van der Waals surface area contributed by atoms with Crippen LogP contribution < -0.4 is 0 Å². The zero-order valence-electron chi connectivity index (χ0n) is 8.80. The lowest BCUT2D eigenvalue weighted by Gasteiger charge is -2.09. The third kappa shape index (κ3) is 2.79. The Bertz CT molecular complexity index is 536. The number of nitrogens with zero attached hydrogens (tertiary/aromatic N) is 1. The molecule has 2 rings (SSSR count). The zero-order valence-corrected chi connectivity index (χ0v) is 8.80. The summed E-state index contributed by atoms with van der Waals surface area (Å²) in [6.45, 7) is 0. The second-order valence-corrected chi connectivity index (χ2v) is 3.91. The monoisotopic (exact) mass is 235 g/mol. The van der Waals surface area contributed by atoms with E-state index in [9.17, 15) is 13.2 Å². The van der Waals surface area contributed by atoms with E-state index in [1.54, 1.807) is 6.07 Å². The van der Waals surface area contributed by atoms with Crippen molar-refractivity contribution in [2.24, 2.45) is 5.92 Å². The second-order valence-electron chi connectivity index (χ2n) is 3.91. The predicted octanol–water partition coefficient (Wildman–Crippen LogP) is 3.34. The van der Waals surface area contributed by atoms with Gasteiger partial charge in [0, 0.05) is 11.5 Å². The Hall–Kier alpha value is -1.94. The molecule has 0 aliphatic heterocycles. The van der Waals surface area contributed by atoms with E-state index in [0.717, 1.165) is 18.9 Å². The van der Waals surface area contributed by atoms with Crippen molar-refractivity contribution >= 4 is 0 Å². The van der Waals surface area contributed by atoms with Gasteiger partial charge in [0.1, 0.15) is 0 Å². The van der Waals surface area contributed by atoms with Crippen LogP contribution in [0.1, 0.15) is 29.5 Å². The molecule has 1 aliphatic rings. The van der Waals surface area contributed by atoms with Gasteiger partial charge in [-0.25, -0.2) is 0 Å². The van der Waals surface area contributed by atoms with Crippen molar-refractivity contribution in [3.8, 4) is 17.9 Å². The fraction of sp³-hybridized carbons (Fsp3) is 0.308. The molecule has 17 heavy (non-hydrogen) atoms. The van der Waals surface area contributed by atoms with Crippen LogP contribution in [0.5, 0.6) is 0 Å². The minimum Gasteiger partial charge on any atom is -0.192 e. The SMILES string of the molecule is N#Cc1ccc(C#CC2CC2)c(C(F)(F)F)c1. The molecule has 0 bridgehead atoms. The number of alkyl halides is 3. The molecule has 86 valence electrons. The van der Waals surface area contributed by atoms with E-state index < -0.39 is 11.7 Å². The van der Waals surface area contributed by atoms with Gasteiger partial charge in [0.2, 0.25) is 0 Å². The van der Waals surface area contributed by atoms with Gasteiger partial charge in [-0.15, -0.1) is 0 Å². The quantitative estimate of drug-likeness (QED) is 0.633. The molecule has 0 amide bonds. The van der Waals surface area contributed by atoms with Gasteiger partial charge in [0.15, 0.2) is 0 Å². The highest BCUT2D eigenvalue weighted by Crippen LogP contribution is 2.33. The maximum absolute atomic E-state index is 12.7. The fourth-order valence-electron chi connectivity index (χ4n) is 1.36. The van der Waals surface area contributed by atoms with Crippen molar-refractivity contribution in [2.45, 2.75) is 19.0 Å². The molecule has 1 aliphatic carbocycles. The Morgan fingerprint density at radius 2 is 1.94 bits per heavy atom. The Morgan fingerprint density at radius 1 is 1.24 bits per heavy atom. The maximum Gasteiger partial charge on any atom is 0.417 e. The van der Waals surface area contributed by atoms with Crippen LogP contribution in [0.4, 0.5) is 13.2 Å². The van der Waals surface area contributed by atoms with Gasteiger partial charge in [0.25, 0.3) is 0 Å². The smallest absolute Gasteiger partial charge is 0.192 e. The maximum atomic E-state index is 12.7. The van der Waals surface area contributed by atoms with Gasteiger partial charge >= 0.3 is 6.18 Å².